The first-order valence-electron chi connectivity index (χ1n) is 8.66. The maximum atomic E-state index is 12.6. The summed E-state index contributed by atoms with van der Waals surface area (Å²) < 4.78 is 1.18. The van der Waals surface area contributed by atoms with E-state index in [-0.39, 0.29) is 17.2 Å². The average Bonchev–Trinajstić information content (AvgIpc) is 2.63. The van der Waals surface area contributed by atoms with Gasteiger partial charge < -0.3 is 15.1 Å². The van der Waals surface area contributed by atoms with Gasteiger partial charge in [-0.2, -0.15) is 10.1 Å². The number of rotatable bonds is 4. The van der Waals surface area contributed by atoms with Crippen molar-refractivity contribution < 1.29 is 4.79 Å². The molecule has 0 bridgehead atoms. The van der Waals surface area contributed by atoms with Gasteiger partial charge in [-0.05, 0) is 19.9 Å². The van der Waals surface area contributed by atoms with Gasteiger partial charge in [-0.25, -0.2) is 9.67 Å². The van der Waals surface area contributed by atoms with Gasteiger partial charge >= 0.3 is 0 Å². The van der Waals surface area contributed by atoms with Crippen molar-refractivity contribution >= 4 is 17.7 Å². The van der Waals surface area contributed by atoms with Crippen molar-refractivity contribution in [2.24, 2.45) is 7.05 Å². The van der Waals surface area contributed by atoms with Crippen LogP contribution < -0.4 is 15.8 Å². The zero-order valence-corrected chi connectivity index (χ0v) is 15.3. The van der Waals surface area contributed by atoms with Crippen LogP contribution in [0.5, 0.6) is 0 Å². The van der Waals surface area contributed by atoms with Crippen molar-refractivity contribution in [3.05, 3.63) is 39.9 Å². The summed E-state index contributed by atoms with van der Waals surface area (Å²) in [5, 5.41) is 7.18. The molecule has 2 aromatic rings. The van der Waals surface area contributed by atoms with Crippen LogP contribution in [0.15, 0.2) is 23.0 Å². The molecule has 3 heterocycles. The first-order chi connectivity index (χ1) is 12.5. The van der Waals surface area contributed by atoms with Crippen LogP contribution in [0.25, 0.3) is 0 Å². The molecule has 0 radical (unpaired) electrons. The van der Waals surface area contributed by atoms with Crippen LogP contribution in [-0.4, -0.2) is 63.3 Å². The van der Waals surface area contributed by atoms with E-state index in [0.29, 0.717) is 32.1 Å². The normalized spacial score (nSPS) is 14.4. The van der Waals surface area contributed by atoms with Crippen LogP contribution in [0, 0.1) is 6.92 Å². The molecule has 138 valence electrons. The maximum Gasteiger partial charge on any atom is 0.274 e. The van der Waals surface area contributed by atoms with Crippen molar-refractivity contribution in [1.82, 2.24) is 24.6 Å². The lowest BCUT2D eigenvalue weighted by Gasteiger charge is -2.35. The molecule has 1 fully saturated rings. The smallest absolute Gasteiger partial charge is 0.274 e. The molecule has 0 saturated carbocycles. The molecule has 1 N–H and O–H groups in total. The lowest BCUT2D eigenvalue weighted by atomic mass is 10.2. The van der Waals surface area contributed by atoms with E-state index in [4.69, 9.17) is 0 Å². The molecule has 0 unspecified atom stereocenters. The van der Waals surface area contributed by atoms with Gasteiger partial charge in [0.2, 0.25) is 5.95 Å². The summed E-state index contributed by atoms with van der Waals surface area (Å²) in [7, 11) is 1.54. The summed E-state index contributed by atoms with van der Waals surface area (Å²) in [4.78, 5) is 36.8. The van der Waals surface area contributed by atoms with Gasteiger partial charge in [-0.3, -0.25) is 9.59 Å². The number of piperazine rings is 1. The number of hydrogen-bond acceptors (Lipinski definition) is 7. The molecule has 9 heteroatoms. The minimum Gasteiger partial charge on any atom is -0.354 e. The Morgan fingerprint density at radius 2 is 1.92 bits per heavy atom. The van der Waals surface area contributed by atoms with E-state index in [1.165, 1.54) is 23.9 Å². The fraction of sp³-hybridized carbons (Fsp3) is 0.471. The van der Waals surface area contributed by atoms with Crippen LogP contribution in [0.4, 0.5) is 11.8 Å². The Hall–Kier alpha value is -2.97. The van der Waals surface area contributed by atoms with Crippen LogP contribution in [0.1, 0.15) is 23.1 Å². The van der Waals surface area contributed by atoms with Gasteiger partial charge in [0.15, 0.2) is 0 Å². The molecule has 9 nitrogen and oxygen atoms in total. The zero-order valence-electron chi connectivity index (χ0n) is 15.3. The first kappa shape index (κ1) is 17.8. The molecule has 0 aliphatic carbocycles. The summed E-state index contributed by atoms with van der Waals surface area (Å²) >= 11 is 0. The molecule has 26 heavy (non-hydrogen) atoms. The molecule has 3 rings (SSSR count). The molecule has 1 saturated heterocycles. The molecule has 0 atom stereocenters. The molecule has 1 amide bonds. The Kier molecular flexibility index (Phi) is 5.15. The molecule has 1 aliphatic rings. The lowest BCUT2D eigenvalue weighted by molar-refractivity contribution is 0.0738. The van der Waals surface area contributed by atoms with E-state index in [1.54, 1.807) is 4.90 Å². The number of hydrogen-bond donors (Lipinski definition) is 1. The Morgan fingerprint density at radius 1 is 1.19 bits per heavy atom. The van der Waals surface area contributed by atoms with Crippen molar-refractivity contribution in [3.63, 3.8) is 0 Å². The highest BCUT2D eigenvalue weighted by molar-refractivity contribution is 5.92. The summed E-state index contributed by atoms with van der Waals surface area (Å²) in [6.45, 7) is 7.21. The molecule has 0 spiro atoms. The third kappa shape index (κ3) is 3.81. The standard InChI is InChI=1S/C17H23N7O2/c1-4-18-17-19-12(2)11-14(20-17)23-7-9-24(10-8-23)16(26)13-5-6-15(25)22(3)21-13/h5-6,11H,4,7-10H2,1-3H3,(H,18,19,20). The highest BCUT2D eigenvalue weighted by atomic mass is 16.2. The first-order valence-corrected chi connectivity index (χ1v) is 8.66. The van der Waals surface area contributed by atoms with Crippen molar-refractivity contribution in [3.8, 4) is 0 Å². The van der Waals surface area contributed by atoms with Gasteiger partial charge in [0.1, 0.15) is 11.5 Å². The Morgan fingerprint density at radius 3 is 2.58 bits per heavy atom. The van der Waals surface area contributed by atoms with Crippen LogP contribution in [0.2, 0.25) is 0 Å². The number of carbonyl (C=O) groups excluding carboxylic acids is 1. The second-order valence-corrected chi connectivity index (χ2v) is 6.18. The Bertz CT molecular complexity index is 856. The predicted molar refractivity (Wildman–Crippen MR) is 98.5 cm³/mol. The van der Waals surface area contributed by atoms with E-state index in [9.17, 15) is 9.59 Å². The second kappa shape index (κ2) is 7.51. The number of aryl methyl sites for hydroxylation is 2. The monoisotopic (exact) mass is 357 g/mol. The summed E-state index contributed by atoms with van der Waals surface area (Å²) in [5.41, 5.74) is 0.953. The average molecular weight is 357 g/mol. The van der Waals surface area contributed by atoms with Gasteiger partial charge in [0, 0.05) is 57.6 Å². The van der Waals surface area contributed by atoms with Crippen molar-refractivity contribution in [2.45, 2.75) is 13.8 Å². The van der Waals surface area contributed by atoms with E-state index < -0.39 is 0 Å². The summed E-state index contributed by atoms with van der Waals surface area (Å²) in [6, 6.07) is 4.79. The minimum atomic E-state index is -0.234. The lowest BCUT2D eigenvalue weighted by Crippen LogP contribution is -2.49. The Balaban J connectivity index is 1.68. The number of nitrogens with zero attached hydrogens (tertiary/aromatic N) is 6. The fourth-order valence-electron chi connectivity index (χ4n) is 2.87. The Labute approximate surface area is 151 Å². The minimum absolute atomic E-state index is 0.160. The van der Waals surface area contributed by atoms with Crippen LogP contribution in [0.3, 0.4) is 0 Å². The second-order valence-electron chi connectivity index (χ2n) is 6.18. The number of nitrogens with one attached hydrogen (secondary N) is 1. The van der Waals surface area contributed by atoms with Crippen LogP contribution in [-0.2, 0) is 7.05 Å². The predicted octanol–water partition coefficient (Wildman–Crippen LogP) is 0.273. The number of carbonyl (C=O) groups is 1. The van der Waals surface area contributed by atoms with E-state index in [0.717, 1.165) is 18.1 Å². The van der Waals surface area contributed by atoms with Gasteiger partial charge in [0.25, 0.3) is 11.5 Å². The van der Waals surface area contributed by atoms with Crippen molar-refractivity contribution in [2.75, 3.05) is 42.9 Å². The highest BCUT2D eigenvalue weighted by Crippen LogP contribution is 2.17. The SMILES string of the molecule is CCNc1nc(C)cc(N2CCN(C(=O)c3ccc(=O)n(C)n3)CC2)n1. The van der Waals surface area contributed by atoms with E-state index >= 15 is 0 Å². The van der Waals surface area contributed by atoms with Gasteiger partial charge in [-0.15, -0.1) is 0 Å². The highest BCUT2D eigenvalue weighted by Gasteiger charge is 2.24. The zero-order chi connectivity index (χ0) is 18.7. The van der Waals surface area contributed by atoms with Gasteiger partial charge in [-0.1, -0.05) is 0 Å². The molecular formula is C17H23N7O2. The van der Waals surface area contributed by atoms with Crippen LogP contribution >= 0.6 is 0 Å². The third-order valence-corrected chi connectivity index (χ3v) is 4.25. The fourth-order valence-corrected chi connectivity index (χ4v) is 2.87. The number of anilines is 2. The third-order valence-electron chi connectivity index (χ3n) is 4.25. The quantitative estimate of drug-likeness (QED) is 0.839. The topological polar surface area (TPSA) is 96.2 Å². The van der Waals surface area contributed by atoms with Crippen molar-refractivity contribution in [1.29, 1.82) is 0 Å². The number of aromatic nitrogens is 4. The molecular weight excluding hydrogens is 334 g/mol. The number of amides is 1. The molecule has 0 aromatic carbocycles. The largest absolute Gasteiger partial charge is 0.354 e. The van der Waals surface area contributed by atoms with E-state index in [1.807, 2.05) is 19.9 Å². The van der Waals surface area contributed by atoms with E-state index in [2.05, 4.69) is 25.3 Å². The summed E-state index contributed by atoms with van der Waals surface area (Å²) in [5.74, 6) is 1.32. The summed E-state index contributed by atoms with van der Waals surface area (Å²) in [6.07, 6.45) is 0. The van der Waals surface area contributed by atoms with Gasteiger partial charge in [0.05, 0.1) is 0 Å². The molecule has 1 aliphatic heterocycles. The maximum absolute atomic E-state index is 12.6. The molecule has 2 aromatic heterocycles.